The van der Waals surface area contributed by atoms with Crippen LogP contribution >= 0.6 is 0 Å². The molecule has 0 radical (unpaired) electrons. The zero-order valence-electron chi connectivity index (χ0n) is 8.78. The molecule has 3 nitrogen and oxygen atoms in total. The average molecular weight is 220 g/mol. The average Bonchev–Trinajstić information content (AvgIpc) is 2.01. The second kappa shape index (κ2) is 5.12. The van der Waals surface area contributed by atoms with E-state index < -0.39 is 9.84 Å². The first-order valence-electron chi connectivity index (χ1n) is 5.43. The molecule has 1 fully saturated rings. The summed E-state index contributed by atoms with van der Waals surface area (Å²) in [4.78, 5) is 0. The van der Waals surface area contributed by atoms with Gasteiger partial charge in [-0.15, -0.1) is 0 Å². The minimum absolute atomic E-state index is 0.215. The van der Waals surface area contributed by atoms with Crippen molar-refractivity contribution in [1.29, 1.82) is 0 Å². The molecule has 0 aromatic heterocycles. The lowest BCUT2D eigenvalue weighted by Gasteiger charge is -2.30. The van der Waals surface area contributed by atoms with Gasteiger partial charge in [-0.25, -0.2) is 8.42 Å². The SMILES string of the molecule is CCS(=O)(=O)CCCC(O)C1CCC1. The standard InChI is InChI=1S/C10H20O3S/c1-2-14(12,13)8-4-7-10(11)9-5-3-6-9/h9-11H,2-8H2,1H3. The second-order valence-corrected chi connectivity index (χ2v) is 6.61. The quantitative estimate of drug-likeness (QED) is 0.735. The summed E-state index contributed by atoms with van der Waals surface area (Å²) < 4.78 is 22.3. The first kappa shape index (κ1) is 12.0. The molecular formula is C10H20O3S. The molecular weight excluding hydrogens is 200 g/mol. The maximum Gasteiger partial charge on any atom is 0.150 e. The number of aliphatic hydroxyl groups excluding tert-OH is 1. The van der Waals surface area contributed by atoms with Gasteiger partial charge in [-0.05, 0) is 31.6 Å². The molecule has 1 aliphatic rings. The van der Waals surface area contributed by atoms with Crippen molar-refractivity contribution >= 4 is 9.84 Å². The number of aliphatic hydroxyl groups is 1. The molecule has 4 heteroatoms. The van der Waals surface area contributed by atoms with Crippen molar-refractivity contribution in [2.75, 3.05) is 11.5 Å². The number of sulfone groups is 1. The Labute approximate surface area is 86.4 Å². The fraction of sp³-hybridized carbons (Fsp3) is 1.00. The molecule has 1 saturated carbocycles. The molecule has 1 rings (SSSR count). The molecule has 1 atom stereocenters. The van der Waals surface area contributed by atoms with E-state index in [0.29, 0.717) is 18.8 Å². The minimum atomic E-state index is -2.84. The fourth-order valence-electron chi connectivity index (χ4n) is 1.72. The summed E-state index contributed by atoms with van der Waals surface area (Å²) in [5, 5.41) is 9.64. The number of hydrogen-bond donors (Lipinski definition) is 1. The van der Waals surface area contributed by atoms with Gasteiger partial charge in [-0.2, -0.15) is 0 Å². The summed E-state index contributed by atoms with van der Waals surface area (Å²) in [6.45, 7) is 1.66. The topological polar surface area (TPSA) is 54.4 Å². The predicted octanol–water partition coefficient (Wildman–Crippen LogP) is 1.36. The molecule has 0 saturated heterocycles. The van der Waals surface area contributed by atoms with Crippen LogP contribution in [0.25, 0.3) is 0 Å². The van der Waals surface area contributed by atoms with Crippen LogP contribution in [0.2, 0.25) is 0 Å². The highest BCUT2D eigenvalue weighted by molar-refractivity contribution is 7.91. The molecule has 84 valence electrons. The lowest BCUT2D eigenvalue weighted by Crippen LogP contribution is -2.27. The predicted molar refractivity (Wildman–Crippen MR) is 56.9 cm³/mol. The molecule has 1 N–H and O–H groups in total. The van der Waals surface area contributed by atoms with Crippen LogP contribution in [-0.4, -0.2) is 31.1 Å². The van der Waals surface area contributed by atoms with E-state index in [9.17, 15) is 13.5 Å². The Kier molecular flexibility index (Phi) is 4.38. The number of hydrogen-bond acceptors (Lipinski definition) is 3. The van der Waals surface area contributed by atoms with Crippen molar-refractivity contribution in [2.24, 2.45) is 5.92 Å². The first-order chi connectivity index (χ1) is 6.55. The van der Waals surface area contributed by atoms with Gasteiger partial charge in [-0.1, -0.05) is 13.3 Å². The minimum Gasteiger partial charge on any atom is -0.393 e. The van der Waals surface area contributed by atoms with Crippen LogP contribution in [-0.2, 0) is 9.84 Å². The maximum atomic E-state index is 11.2. The lowest BCUT2D eigenvalue weighted by molar-refractivity contribution is 0.0554. The van der Waals surface area contributed by atoms with E-state index >= 15 is 0 Å². The number of rotatable bonds is 6. The van der Waals surface area contributed by atoms with Gasteiger partial charge in [-0.3, -0.25) is 0 Å². The van der Waals surface area contributed by atoms with Gasteiger partial charge in [0.05, 0.1) is 11.9 Å². The fourth-order valence-corrected chi connectivity index (χ4v) is 2.61. The van der Waals surface area contributed by atoms with Gasteiger partial charge in [0.25, 0.3) is 0 Å². The molecule has 0 aromatic carbocycles. The molecule has 0 spiro atoms. The van der Waals surface area contributed by atoms with Crippen LogP contribution in [0.3, 0.4) is 0 Å². The molecule has 0 bridgehead atoms. The van der Waals surface area contributed by atoms with Crippen LogP contribution in [0, 0.1) is 5.92 Å². The summed E-state index contributed by atoms with van der Waals surface area (Å²) in [6, 6.07) is 0. The summed E-state index contributed by atoms with van der Waals surface area (Å²) >= 11 is 0. The summed E-state index contributed by atoms with van der Waals surface area (Å²) in [5.74, 6) is 0.888. The smallest absolute Gasteiger partial charge is 0.150 e. The second-order valence-electron chi connectivity index (χ2n) is 4.14. The molecule has 0 heterocycles. The van der Waals surface area contributed by atoms with Crippen molar-refractivity contribution in [3.8, 4) is 0 Å². The van der Waals surface area contributed by atoms with Crippen LogP contribution in [0.1, 0.15) is 39.0 Å². The Morgan fingerprint density at radius 1 is 1.43 bits per heavy atom. The van der Waals surface area contributed by atoms with E-state index in [1.807, 2.05) is 0 Å². The Bertz CT molecular complexity index is 255. The van der Waals surface area contributed by atoms with E-state index in [0.717, 1.165) is 12.8 Å². The third-order valence-electron chi connectivity index (χ3n) is 3.09. The van der Waals surface area contributed by atoms with Crippen molar-refractivity contribution in [1.82, 2.24) is 0 Å². The summed E-state index contributed by atoms with van der Waals surface area (Å²) in [5.41, 5.74) is 0. The molecule has 0 aliphatic heterocycles. The Morgan fingerprint density at radius 3 is 2.50 bits per heavy atom. The normalized spacial score (nSPS) is 20.4. The van der Waals surface area contributed by atoms with Gasteiger partial charge >= 0.3 is 0 Å². The van der Waals surface area contributed by atoms with Crippen LogP contribution in [0.4, 0.5) is 0 Å². The largest absolute Gasteiger partial charge is 0.393 e. The van der Waals surface area contributed by atoms with Gasteiger partial charge in [0.1, 0.15) is 9.84 Å². The molecule has 1 aliphatic carbocycles. The van der Waals surface area contributed by atoms with E-state index in [1.54, 1.807) is 6.92 Å². The molecule has 14 heavy (non-hydrogen) atoms. The van der Waals surface area contributed by atoms with Crippen LogP contribution in [0.15, 0.2) is 0 Å². The third kappa shape index (κ3) is 3.58. The Balaban J connectivity index is 2.14. The van der Waals surface area contributed by atoms with Gasteiger partial charge in [0.15, 0.2) is 0 Å². The zero-order valence-corrected chi connectivity index (χ0v) is 9.59. The van der Waals surface area contributed by atoms with E-state index in [-0.39, 0.29) is 17.6 Å². The highest BCUT2D eigenvalue weighted by Gasteiger charge is 2.25. The van der Waals surface area contributed by atoms with E-state index in [2.05, 4.69) is 0 Å². The molecule has 0 amide bonds. The van der Waals surface area contributed by atoms with Crippen molar-refractivity contribution in [3.05, 3.63) is 0 Å². The maximum absolute atomic E-state index is 11.2. The van der Waals surface area contributed by atoms with Crippen LogP contribution < -0.4 is 0 Å². The van der Waals surface area contributed by atoms with E-state index in [4.69, 9.17) is 0 Å². The van der Waals surface area contributed by atoms with Crippen molar-refractivity contribution in [3.63, 3.8) is 0 Å². The summed E-state index contributed by atoms with van der Waals surface area (Å²) in [7, 11) is -2.84. The van der Waals surface area contributed by atoms with Crippen molar-refractivity contribution in [2.45, 2.75) is 45.1 Å². The Hall–Kier alpha value is -0.0900. The van der Waals surface area contributed by atoms with E-state index in [1.165, 1.54) is 6.42 Å². The highest BCUT2D eigenvalue weighted by atomic mass is 32.2. The molecule has 1 unspecified atom stereocenters. The first-order valence-corrected chi connectivity index (χ1v) is 7.26. The highest BCUT2D eigenvalue weighted by Crippen LogP contribution is 2.31. The van der Waals surface area contributed by atoms with Crippen LogP contribution in [0.5, 0.6) is 0 Å². The van der Waals surface area contributed by atoms with Crippen molar-refractivity contribution < 1.29 is 13.5 Å². The van der Waals surface area contributed by atoms with Gasteiger partial charge in [0, 0.05) is 5.75 Å². The van der Waals surface area contributed by atoms with Gasteiger partial charge in [0.2, 0.25) is 0 Å². The molecule has 0 aromatic rings. The summed E-state index contributed by atoms with van der Waals surface area (Å²) in [6.07, 6.45) is 4.42. The lowest BCUT2D eigenvalue weighted by atomic mass is 9.80. The Morgan fingerprint density at radius 2 is 2.07 bits per heavy atom. The monoisotopic (exact) mass is 220 g/mol. The zero-order chi connectivity index (χ0) is 10.6. The third-order valence-corrected chi connectivity index (χ3v) is 4.88. The van der Waals surface area contributed by atoms with Gasteiger partial charge < -0.3 is 5.11 Å².